The summed E-state index contributed by atoms with van der Waals surface area (Å²) in [4.78, 5) is 10.4. The molecule has 1 aromatic carbocycles. The largest absolute Gasteiger partial charge is 0.481 e. The lowest BCUT2D eigenvalue weighted by atomic mass is 9.97. The summed E-state index contributed by atoms with van der Waals surface area (Å²) in [5, 5.41) is 8.49. The lowest BCUT2D eigenvalue weighted by Gasteiger charge is -2.09. The molecule has 0 saturated heterocycles. The lowest BCUT2D eigenvalue weighted by Crippen LogP contribution is -2.04. The third-order valence-corrected chi connectivity index (χ3v) is 1.97. The standard InChI is InChI=1S/C10H10F2O2/c1-6(4-10(13)14)8-3-2-7(11)5-9(8)12/h2-3,5-6H,4H2,1H3,(H,13,14)/t6-/m1/s1. The van der Waals surface area contributed by atoms with Crippen LogP contribution in [-0.2, 0) is 4.79 Å². The summed E-state index contributed by atoms with van der Waals surface area (Å²) in [5.74, 6) is -2.80. The smallest absolute Gasteiger partial charge is 0.303 e. The highest BCUT2D eigenvalue weighted by atomic mass is 19.1. The Morgan fingerprint density at radius 1 is 1.50 bits per heavy atom. The van der Waals surface area contributed by atoms with Gasteiger partial charge in [-0.25, -0.2) is 8.78 Å². The second-order valence-corrected chi connectivity index (χ2v) is 3.16. The number of hydrogen-bond acceptors (Lipinski definition) is 1. The third kappa shape index (κ3) is 2.52. The van der Waals surface area contributed by atoms with Crippen LogP contribution in [0, 0.1) is 11.6 Å². The number of carboxylic acids is 1. The van der Waals surface area contributed by atoms with E-state index < -0.39 is 23.5 Å². The highest BCUT2D eigenvalue weighted by molar-refractivity contribution is 5.67. The Hall–Kier alpha value is -1.45. The summed E-state index contributed by atoms with van der Waals surface area (Å²) in [6, 6.07) is 3.16. The molecular formula is C10H10F2O2. The van der Waals surface area contributed by atoms with Crippen LogP contribution in [0.1, 0.15) is 24.8 Å². The van der Waals surface area contributed by atoms with E-state index in [0.717, 1.165) is 12.1 Å². The Balaban J connectivity index is 2.90. The fraction of sp³-hybridized carbons (Fsp3) is 0.300. The van der Waals surface area contributed by atoms with Gasteiger partial charge in [0.25, 0.3) is 0 Å². The molecule has 0 heterocycles. The van der Waals surface area contributed by atoms with Gasteiger partial charge in [0.15, 0.2) is 0 Å². The number of aliphatic carboxylic acids is 1. The summed E-state index contributed by atoms with van der Waals surface area (Å²) in [7, 11) is 0. The van der Waals surface area contributed by atoms with Crippen LogP contribution in [0.4, 0.5) is 8.78 Å². The number of carboxylic acid groups (broad SMARTS) is 1. The quantitative estimate of drug-likeness (QED) is 0.814. The second kappa shape index (κ2) is 4.17. The molecule has 0 aliphatic rings. The fourth-order valence-corrected chi connectivity index (χ4v) is 1.27. The van der Waals surface area contributed by atoms with Crippen LogP contribution in [-0.4, -0.2) is 11.1 Å². The Morgan fingerprint density at radius 2 is 2.14 bits per heavy atom. The number of benzene rings is 1. The Labute approximate surface area is 80.2 Å². The number of carbonyl (C=O) groups is 1. The molecule has 0 fully saturated rings. The average Bonchev–Trinajstić information content (AvgIpc) is 2.01. The van der Waals surface area contributed by atoms with Crippen molar-refractivity contribution < 1.29 is 18.7 Å². The van der Waals surface area contributed by atoms with E-state index in [1.165, 1.54) is 6.07 Å². The molecule has 76 valence electrons. The summed E-state index contributed by atoms with van der Waals surface area (Å²) < 4.78 is 25.6. The van der Waals surface area contributed by atoms with E-state index >= 15 is 0 Å². The SMILES string of the molecule is C[C@H](CC(=O)O)c1ccc(F)cc1F. The first-order valence-electron chi connectivity index (χ1n) is 4.17. The van der Waals surface area contributed by atoms with Crippen molar-refractivity contribution in [1.82, 2.24) is 0 Å². The van der Waals surface area contributed by atoms with E-state index in [1.54, 1.807) is 6.92 Å². The van der Waals surface area contributed by atoms with Gasteiger partial charge >= 0.3 is 5.97 Å². The van der Waals surface area contributed by atoms with Gasteiger partial charge in [0.1, 0.15) is 11.6 Å². The zero-order valence-electron chi connectivity index (χ0n) is 7.63. The molecule has 0 aromatic heterocycles. The van der Waals surface area contributed by atoms with Crippen LogP contribution in [0.25, 0.3) is 0 Å². The van der Waals surface area contributed by atoms with Gasteiger partial charge in [0, 0.05) is 6.07 Å². The van der Waals surface area contributed by atoms with Crippen LogP contribution in [0.3, 0.4) is 0 Å². The second-order valence-electron chi connectivity index (χ2n) is 3.16. The molecule has 0 aliphatic heterocycles. The monoisotopic (exact) mass is 200 g/mol. The van der Waals surface area contributed by atoms with Gasteiger partial charge in [-0.3, -0.25) is 4.79 Å². The van der Waals surface area contributed by atoms with Crippen LogP contribution >= 0.6 is 0 Å². The molecule has 1 N–H and O–H groups in total. The van der Waals surface area contributed by atoms with E-state index in [0.29, 0.717) is 0 Å². The van der Waals surface area contributed by atoms with E-state index in [9.17, 15) is 13.6 Å². The molecule has 0 unspecified atom stereocenters. The van der Waals surface area contributed by atoms with Gasteiger partial charge in [0.2, 0.25) is 0 Å². The highest BCUT2D eigenvalue weighted by Crippen LogP contribution is 2.22. The van der Waals surface area contributed by atoms with E-state index in [-0.39, 0.29) is 12.0 Å². The molecule has 0 spiro atoms. The predicted molar refractivity (Wildman–Crippen MR) is 47.0 cm³/mol. The summed E-state index contributed by atoms with van der Waals surface area (Å²) in [6.07, 6.45) is -0.164. The Kier molecular flexibility index (Phi) is 3.17. The van der Waals surface area contributed by atoms with E-state index in [1.807, 2.05) is 0 Å². The van der Waals surface area contributed by atoms with Crippen molar-refractivity contribution in [3.05, 3.63) is 35.4 Å². The van der Waals surface area contributed by atoms with Gasteiger partial charge in [-0.2, -0.15) is 0 Å². The van der Waals surface area contributed by atoms with Crippen molar-refractivity contribution in [2.75, 3.05) is 0 Å². The number of rotatable bonds is 3. The predicted octanol–water partition coefficient (Wildman–Crippen LogP) is 2.54. The van der Waals surface area contributed by atoms with Crippen molar-refractivity contribution in [3.63, 3.8) is 0 Å². The van der Waals surface area contributed by atoms with Crippen LogP contribution in [0.5, 0.6) is 0 Å². The van der Waals surface area contributed by atoms with Crippen LogP contribution in [0.2, 0.25) is 0 Å². The first kappa shape index (κ1) is 10.6. The molecule has 1 rings (SSSR count). The molecule has 0 saturated carbocycles. The third-order valence-electron chi connectivity index (χ3n) is 1.97. The maximum atomic E-state index is 13.1. The Morgan fingerprint density at radius 3 is 2.64 bits per heavy atom. The van der Waals surface area contributed by atoms with E-state index in [2.05, 4.69) is 0 Å². The molecule has 1 aromatic rings. The normalized spacial score (nSPS) is 12.5. The zero-order valence-corrected chi connectivity index (χ0v) is 7.63. The van der Waals surface area contributed by atoms with Crippen LogP contribution in [0.15, 0.2) is 18.2 Å². The topological polar surface area (TPSA) is 37.3 Å². The molecule has 0 radical (unpaired) electrons. The van der Waals surface area contributed by atoms with Crippen molar-refractivity contribution in [2.45, 2.75) is 19.3 Å². The molecule has 14 heavy (non-hydrogen) atoms. The average molecular weight is 200 g/mol. The summed E-state index contributed by atoms with van der Waals surface area (Å²) in [6.45, 7) is 1.59. The zero-order chi connectivity index (χ0) is 10.7. The van der Waals surface area contributed by atoms with Crippen molar-refractivity contribution in [2.24, 2.45) is 0 Å². The molecular weight excluding hydrogens is 190 g/mol. The Bertz CT molecular complexity index is 350. The van der Waals surface area contributed by atoms with Crippen molar-refractivity contribution >= 4 is 5.97 Å². The van der Waals surface area contributed by atoms with Crippen molar-refractivity contribution in [1.29, 1.82) is 0 Å². The minimum atomic E-state index is -0.999. The molecule has 4 heteroatoms. The van der Waals surface area contributed by atoms with Gasteiger partial charge in [-0.1, -0.05) is 13.0 Å². The molecule has 0 bridgehead atoms. The van der Waals surface area contributed by atoms with Gasteiger partial charge < -0.3 is 5.11 Å². The number of hydrogen-bond donors (Lipinski definition) is 1. The molecule has 1 atom stereocenters. The first-order chi connectivity index (χ1) is 6.50. The highest BCUT2D eigenvalue weighted by Gasteiger charge is 2.14. The van der Waals surface area contributed by atoms with Gasteiger partial charge in [0.05, 0.1) is 6.42 Å². The molecule has 2 nitrogen and oxygen atoms in total. The first-order valence-corrected chi connectivity index (χ1v) is 4.17. The maximum absolute atomic E-state index is 13.1. The minimum absolute atomic E-state index is 0.164. The van der Waals surface area contributed by atoms with Gasteiger partial charge in [-0.15, -0.1) is 0 Å². The number of halogens is 2. The fourth-order valence-electron chi connectivity index (χ4n) is 1.27. The molecule has 0 aliphatic carbocycles. The maximum Gasteiger partial charge on any atom is 0.303 e. The van der Waals surface area contributed by atoms with Crippen LogP contribution < -0.4 is 0 Å². The lowest BCUT2D eigenvalue weighted by molar-refractivity contribution is -0.137. The minimum Gasteiger partial charge on any atom is -0.481 e. The van der Waals surface area contributed by atoms with Crippen molar-refractivity contribution in [3.8, 4) is 0 Å². The summed E-state index contributed by atoms with van der Waals surface area (Å²) in [5.41, 5.74) is 0.230. The summed E-state index contributed by atoms with van der Waals surface area (Å²) >= 11 is 0. The van der Waals surface area contributed by atoms with E-state index in [4.69, 9.17) is 5.11 Å². The molecule has 0 amide bonds. The van der Waals surface area contributed by atoms with Gasteiger partial charge in [-0.05, 0) is 17.5 Å².